The summed E-state index contributed by atoms with van der Waals surface area (Å²) < 4.78 is 6.15. The molecule has 1 aromatic rings. The second kappa shape index (κ2) is 5.73. The lowest BCUT2D eigenvalue weighted by Gasteiger charge is -2.41. The number of hydrogen-bond acceptors (Lipinski definition) is 2. The molecule has 0 radical (unpaired) electrons. The highest BCUT2D eigenvalue weighted by Gasteiger charge is 2.37. The van der Waals surface area contributed by atoms with Gasteiger partial charge in [-0.1, -0.05) is 23.2 Å². The van der Waals surface area contributed by atoms with Gasteiger partial charge in [0.1, 0.15) is 9.34 Å². The minimum atomic E-state index is -0.567. The molecule has 108 valence electrons. The lowest BCUT2D eigenvalue weighted by Crippen LogP contribution is -2.48. The van der Waals surface area contributed by atoms with Gasteiger partial charge in [0, 0.05) is 10.0 Å². The third-order valence-electron chi connectivity index (χ3n) is 3.40. The van der Waals surface area contributed by atoms with Crippen molar-refractivity contribution in [2.45, 2.75) is 26.3 Å². The molecule has 2 rings (SSSR count). The van der Waals surface area contributed by atoms with Gasteiger partial charge in [-0.15, -0.1) is 0 Å². The molecular weight excluding hydrogens is 412 g/mol. The first-order valence-electron chi connectivity index (χ1n) is 6.01. The van der Waals surface area contributed by atoms with Gasteiger partial charge in [-0.25, -0.2) is 0 Å². The molecular formula is C14H14Cl2INO2. The van der Waals surface area contributed by atoms with E-state index in [-0.39, 0.29) is 12.6 Å². The molecule has 6 heteroatoms. The minimum Gasteiger partial charge on any atom is -0.476 e. The molecule has 20 heavy (non-hydrogen) atoms. The number of nitrogens with zero attached hydrogens (tertiary/aromatic N) is 1. The molecule has 1 amide bonds. The van der Waals surface area contributed by atoms with E-state index in [4.69, 9.17) is 27.9 Å². The Bertz CT molecular complexity index is 579. The number of benzene rings is 1. The van der Waals surface area contributed by atoms with Gasteiger partial charge in [0.25, 0.3) is 5.91 Å². The molecule has 0 atom stereocenters. The maximum Gasteiger partial charge on any atom is 0.266 e. The fourth-order valence-electron chi connectivity index (χ4n) is 2.03. The molecule has 0 spiro atoms. The van der Waals surface area contributed by atoms with E-state index in [2.05, 4.69) is 0 Å². The highest BCUT2D eigenvalue weighted by atomic mass is 127. The van der Waals surface area contributed by atoms with Crippen molar-refractivity contribution in [3.63, 3.8) is 0 Å². The first kappa shape index (κ1) is 15.9. The first-order valence-corrected chi connectivity index (χ1v) is 7.84. The van der Waals surface area contributed by atoms with E-state index in [0.29, 0.717) is 19.4 Å². The van der Waals surface area contributed by atoms with Crippen LogP contribution in [0.2, 0.25) is 10.0 Å². The van der Waals surface area contributed by atoms with Gasteiger partial charge in [0.2, 0.25) is 0 Å². The minimum absolute atomic E-state index is 0.0459. The molecule has 0 aliphatic carbocycles. The van der Waals surface area contributed by atoms with E-state index in [1.54, 1.807) is 17.9 Å². The Balaban J connectivity index is 2.43. The average molecular weight is 426 g/mol. The van der Waals surface area contributed by atoms with E-state index in [0.717, 1.165) is 5.56 Å². The predicted octanol–water partition coefficient (Wildman–Crippen LogP) is 4.71. The third kappa shape index (κ3) is 2.92. The maximum absolute atomic E-state index is 12.4. The van der Waals surface area contributed by atoms with Gasteiger partial charge in [-0.3, -0.25) is 9.69 Å². The lowest BCUT2D eigenvalue weighted by atomic mass is 9.92. The number of rotatable bonds is 2. The SMILES string of the molecule is CC1=C(I)C(=O)N(C(C)(C)c2cc(Cl)cc(Cl)c2)CO1. The highest BCUT2D eigenvalue weighted by Crippen LogP contribution is 2.36. The Morgan fingerprint density at radius 1 is 1.25 bits per heavy atom. The number of allylic oxidation sites excluding steroid dienone is 1. The number of hydrogen-bond donors (Lipinski definition) is 0. The second-order valence-electron chi connectivity index (χ2n) is 5.09. The van der Waals surface area contributed by atoms with Crippen molar-refractivity contribution in [3.8, 4) is 0 Å². The van der Waals surface area contributed by atoms with Crippen molar-refractivity contribution in [1.82, 2.24) is 4.90 Å². The largest absolute Gasteiger partial charge is 0.476 e. The van der Waals surface area contributed by atoms with Crippen LogP contribution in [-0.4, -0.2) is 17.5 Å². The van der Waals surface area contributed by atoms with Crippen LogP contribution in [0.15, 0.2) is 27.5 Å². The van der Waals surface area contributed by atoms with Crippen molar-refractivity contribution in [1.29, 1.82) is 0 Å². The van der Waals surface area contributed by atoms with Gasteiger partial charge in [-0.05, 0) is 67.1 Å². The summed E-state index contributed by atoms with van der Waals surface area (Å²) in [6.45, 7) is 5.90. The van der Waals surface area contributed by atoms with Crippen LogP contribution in [0.3, 0.4) is 0 Å². The van der Waals surface area contributed by atoms with Crippen LogP contribution in [0.4, 0.5) is 0 Å². The van der Waals surface area contributed by atoms with Crippen molar-refractivity contribution in [3.05, 3.63) is 43.1 Å². The van der Waals surface area contributed by atoms with Crippen LogP contribution in [0.5, 0.6) is 0 Å². The molecule has 1 aromatic carbocycles. The summed E-state index contributed by atoms with van der Waals surface area (Å²) in [4.78, 5) is 14.1. The van der Waals surface area contributed by atoms with Crippen molar-refractivity contribution < 1.29 is 9.53 Å². The number of amides is 1. The van der Waals surface area contributed by atoms with Crippen molar-refractivity contribution >= 4 is 51.7 Å². The molecule has 0 bridgehead atoms. The number of ether oxygens (including phenoxy) is 1. The van der Waals surface area contributed by atoms with Gasteiger partial charge < -0.3 is 4.74 Å². The number of halogens is 3. The average Bonchev–Trinajstić information content (AvgIpc) is 2.34. The summed E-state index contributed by atoms with van der Waals surface area (Å²) in [7, 11) is 0. The zero-order valence-electron chi connectivity index (χ0n) is 11.3. The Kier molecular flexibility index (Phi) is 4.56. The molecule has 0 saturated carbocycles. The van der Waals surface area contributed by atoms with Gasteiger partial charge >= 0.3 is 0 Å². The predicted molar refractivity (Wildman–Crippen MR) is 89.0 cm³/mol. The summed E-state index contributed by atoms with van der Waals surface area (Å²) in [5.74, 6) is 0.613. The van der Waals surface area contributed by atoms with E-state index in [1.165, 1.54) is 0 Å². The van der Waals surface area contributed by atoms with Crippen LogP contribution >= 0.6 is 45.8 Å². The molecule has 0 N–H and O–H groups in total. The normalized spacial score (nSPS) is 16.5. The summed E-state index contributed by atoms with van der Waals surface area (Å²) >= 11 is 14.1. The maximum atomic E-state index is 12.4. The zero-order valence-corrected chi connectivity index (χ0v) is 15.0. The molecule has 1 aliphatic heterocycles. The van der Waals surface area contributed by atoms with E-state index >= 15 is 0 Å². The molecule has 1 aliphatic rings. The lowest BCUT2D eigenvalue weighted by molar-refractivity contribution is -0.141. The molecule has 0 fully saturated rings. The van der Waals surface area contributed by atoms with E-state index < -0.39 is 5.54 Å². The quantitative estimate of drug-likeness (QED) is 0.642. The number of carbonyl (C=O) groups excluding carboxylic acids is 1. The molecule has 0 saturated heterocycles. The Hall–Kier alpha value is -0.460. The molecule has 0 unspecified atom stereocenters. The van der Waals surface area contributed by atoms with E-state index in [9.17, 15) is 4.79 Å². The van der Waals surface area contributed by atoms with Crippen LogP contribution in [-0.2, 0) is 15.1 Å². The van der Waals surface area contributed by atoms with Crippen molar-refractivity contribution in [2.24, 2.45) is 0 Å². The third-order valence-corrected chi connectivity index (χ3v) is 5.05. The smallest absolute Gasteiger partial charge is 0.266 e. The van der Waals surface area contributed by atoms with Crippen LogP contribution in [0.25, 0.3) is 0 Å². The van der Waals surface area contributed by atoms with Crippen LogP contribution in [0.1, 0.15) is 26.3 Å². The Morgan fingerprint density at radius 3 is 2.35 bits per heavy atom. The van der Waals surface area contributed by atoms with Crippen molar-refractivity contribution in [2.75, 3.05) is 6.73 Å². The fourth-order valence-corrected chi connectivity index (χ4v) is 3.00. The molecule has 3 nitrogen and oxygen atoms in total. The standard InChI is InChI=1S/C14H14Cl2INO2/c1-8-12(17)13(19)18(7-20-8)14(2,3)9-4-10(15)6-11(16)5-9/h4-6H,7H2,1-3H3. The van der Waals surface area contributed by atoms with E-state index in [1.807, 2.05) is 48.6 Å². The molecule has 1 heterocycles. The van der Waals surface area contributed by atoms with Gasteiger partial charge in [0.15, 0.2) is 6.73 Å². The summed E-state index contributed by atoms with van der Waals surface area (Å²) in [5.41, 5.74) is 0.304. The van der Waals surface area contributed by atoms with Crippen LogP contribution in [0, 0.1) is 0 Å². The summed E-state index contributed by atoms with van der Waals surface area (Å²) in [5, 5.41) is 1.10. The topological polar surface area (TPSA) is 29.5 Å². The highest BCUT2D eigenvalue weighted by molar-refractivity contribution is 14.1. The fraction of sp³-hybridized carbons (Fsp3) is 0.357. The van der Waals surface area contributed by atoms with Crippen LogP contribution < -0.4 is 0 Å². The van der Waals surface area contributed by atoms with Gasteiger partial charge in [-0.2, -0.15) is 0 Å². The number of carbonyl (C=O) groups is 1. The Morgan fingerprint density at radius 2 is 1.80 bits per heavy atom. The second-order valence-corrected chi connectivity index (χ2v) is 7.05. The van der Waals surface area contributed by atoms with Gasteiger partial charge in [0.05, 0.1) is 5.54 Å². The monoisotopic (exact) mass is 425 g/mol. The molecule has 0 aromatic heterocycles. The zero-order chi connectivity index (χ0) is 15.1. The Labute approximate surface area is 142 Å². The summed E-state index contributed by atoms with van der Waals surface area (Å²) in [6.07, 6.45) is 0. The first-order chi connectivity index (χ1) is 9.23. The summed E-state index contributed by atoms with van der Waals surface area (Å²) in [6, 6.07) is 5.31.